The van der Waals surface area contributed by atoms with Crippen LogP contribution in [-0.2, 0) is 0 Å². The van der Waals surface area contributed by atoms with Crippen molar-refractivity contribution in [3.05, 3.63) is 28.5 Å². The molecule has 2 rings (SSSR count). The molecule has 0 saturated heterocycles. The molecule has 1 aromatic rings. The molecule has 1 atom stereocenters. The molecule has 0 aromatic heterocycles. The monoisotopic (exact) mass is 243 g/mol. The predicted octanol–water partition coefficient (Wildman–Crippen LogP) is 3.29. The van der Waals surface area contributed by atoms with E-state index in [2.05, 4.69) is 0 Å². The maximum absolute atomic E-state index is 13.7. The molecule has 4 heteroatoms. The Bertz CT molecular complexity index is 370. The number of ether oxygens (including phenoxy) is 1. The lowest BCUT2D eigenvalue weighted by atomic mass is 10.0. The lowest BCUT2D eigenvalue weighted by Crippen LogP contribution is -2.13. The summed E-state index contributed by atoms with van der Waals surface area (Å²) in [7, 11) is 0. The molecule has 1 aromatic carbocycles. The van der Waals surface area contributed by atoms with Crippen molar-refractivity contribution in [1.29, 1.82) is 0 Å². The van der Waals surface area contributed by atoms with Crippen LogP contribution in [0.25, 0.3) is 0 Å². The van der Waals surface area contributed by atoms with Gasteiger partial charge >= 0.3 is 0 Å². The van der Waals surface area contributed by atoms with E-state index in [4.69, 9.17) is 22.1 Å². The first-order valence-corrected chi connectivity index (χ1v) is 5.88. The van der Waals surface area contributed by atoms with Crippen molar-refractivity contribution >= 4 is 11.6 Å². The average molecular weight is 244 g/mol. The molecule has 0 spiro atoms. The summed E-state index contributed by atoms with van der Waals surface area (Å²) in [5, 5.41) is 0.299. The van der Waals surface area contributed by atoms with Gasteiger partial charge in [0, 0.05) is 6.04 Å². The van der Waals surface area contributed by atoms with Crippen molar-refractivity contribution in [3.63, 3.8) is 0 Å². The molecule has 16 heavy (non-hydrogen) atoms. The zero-order valence-corrected chi connectivity index (χ0v) is 9.93. The Kier molecular flexibility index (Phi) is 3.36. The third-order valence-electron chi connectivity index (χ3n) is 2.82. The second-order valence-electron chi connectivity index (χ2n) is 4.11. The minimum Gasteiger partial charge on any atom is -0.489 e. The predicted molar refractivity (Wildman–Crippen MR) is 62.2 cm³/mol. The van der Waals surface area contributed by atoms with Gasteiger partial charge in [0.2, 0.25) is 0 Å². The van der Waals surface area contributed by atoms with E-state index in [-0.39, 0.29) is 11.8 Å². The van der Waals surface area contributed by atoms with Crippen LogP contribution in [0.4, 0.5) is 4.39 Å². The molecule has 0 aliphatic heterocycles. The van der Waals surface area contributed by atoms with Crippen LogP contribution in [0.2, 0.25) is 5.02 Å². The van der Waals surface area contributed by atoms with E-state index in [1.54, 1.807) is 13.0 Å². The maximum atomic E-state index is 13.7. The standard InChI is InChI=1S/C12H15ClFNO/c1-2-16-12-9(13)5-8(6-10(12)14)11(15)7-3-4-7/h5-7,11H,2-4,15H2,1H3/t11-/m0/s1. The minimum absolute atomic E-state index is 0.109. The largest absolute Gasteiger partial charge is 0.489 e. The summed E-state index contributed by atoms with van der Waals surface area (Å²) >= 11 is 5.96. The summed E-state index contributed by atoms with van der Waals surface area (Å²) in [6.07, 6.45) is 2.24. The zero-order valence-electron chi connectivity index (χ0n) is 9.17. The molecule has 0 heterocycles. The van der Waals surface area contributed by atoms with E-state index in [1.165, 1.54) is 6.07 Å². The SMILES string of the molecule is CCOc1c(F)cc([C@@H](N)C2CC2)cc1Cl. The Morgan fingerprint density at radius 1 is 1.56 bits per heavy atom. The Morgan fingerprint density at radius 2 is 2.25 bits per heavy atom. The average Bonchev–Trinajstić information content (AvgIpc) is 3.05. The van der Waals surface area contributed by atoms with Crippen LogP contribution in [-0.4, -0.2) is 6.61 Å². The smallest absolute Gasteiger partial charge is 0.173 e. The number of halogens is 2. The number of hydrogen-bond donors (Lipinski definition) is 1. The minimum atomic E-state index is -0.430. The van der Waals surface area contributed by atoms with Gasteiger partial charge in [-0.05, 0) is 43.4 Å². The van der Waals surface area contributed by atoms with Crippen LogP contribution in [0.1, 0.15) is 31.4 Å². The highest BCUT2D eigenvalue weighted by Crippen LogP contribution is 2.41. The molecule has 0 unspecified atom stereocenters. The highest BCUT2D eigenvalue weighted by molar-refractivity contribution is 6.32. The summed E-state index contributed by atoms with van der Waals surface area (Å²) in [5.41, 5.74) is 6.75. The molecule has 88 valence electrons. The van der Waals surface area contributed by atoms with Crippen LogP contribution in [0, 0.1) is 11.7 Å². The maximum Gasteiger partial charge on any atom is 0.173 e. The summed E-state index contributed by atoms with van der Waals surface area (Å²) in [4.78, 5) is 0. The van der Waals surface area contributed by atoms with Gasteiger partial charge in [-0.25, -0.2) is 4.39 Å². The van der Waals surface area contributed by atoms with Gasteiger partial charge in [0.05, 0.1) is 11.6 Å². The highest BCUT2D eigenvalue weighted by atomic mass is 35.5. The molecule has 1 aliphatic rings. The van der Waals surface area contributed by atoms with Gasteiger partial charge in [-0.3, -0.25) is 0 Å². The van der Waals surface area contributed by atoms with Crippen LogP contribution in [0.15, 0.2) is 12.1 Å². The van der Waals surface area contributed by atoms with Gasteiger partial charge in [0.1, 0.15) is 0 Å². The molecule has 2 N–H and O–H groups in total. The van der Waals surface area contributed by atoms with Gasteiger partial charge in [-0.1, -0.05) is 11.6 Å². The summed E-state index contributed by atoms with van der Waals surface area (Å²) < 4.78 is 18.8. The van der Waals surface area contributed by atoms with Gasteiger partial charge < -0.3 is 10.5 Å². The van der Waals surface area contributed by atoms with E-state index in [9.17, 15) is 4.39 Å². The molecule has 1 fully saturated rings. The molecule has 1 saturated carbocycles. The van der Waals surface area contributed by atoms with E-state index in [1.807, 2.05) is 0 Å². The van der Waals surface area contributed by atoms with Crippen molar-refractivity contribution in [2.75, 3.05) is 6.61 Å². The lowest BCUT2D eigenvalue weighted by molar-refractivity contribution is 0.321. The van der Waals surface area contributed by atoms with Gasteiger partial charge in [-0.15, -0.1) is 0 Å². The Morgan fingerprint density at radius 3 is 2.75 bits per heavy atom. The molecular formula is C12H15ClFNO. The summed E-state index contributed by atoms with van der Waals surface area (Å²) in [6, 6.07) is 3.03. The number of hydrogen-bond acceptors (Lipinski definition) is 2. The van der Waals surface area contributed by atoms with Crippen molar-refractivity contribution in [3.8, 4) is 5.75 Å². The molecule has 1 aliphatic carbocycles. The Hall–Kier alpha value is -0.800. The molecular weight excluding hydrogens is 229 g/mol. The van der Waals surface area contributed by atoms with Crippen LogP contribution < -0.4 is 10.5 Å². The zero-order chi connectivity index (χ0) is 11.7. The number of benzene rings is 1. The Balaban J connectivity index is 2.28. The van der Waals surface area contributed by atoms with Crippen LogP contribution >= 0.6 is 11.6 Å². The molecule has 0 bridgehead atoms. The first-order valence-electron chi connectivity index (χ1n) is 5.50. The number of nitrogens with two attached hydrogens (primary N) is 1. The third kappa shape index (κ3) is 2.30. The third-order valence-corrected chi connectivity index (χ3v) is 3.10. The fraction of sp³-hybridized carbons (Fsp3) is 0.500. The fourth-order valence-corrected chi connectivity index (χ4v) is 2.05. The van der Waals surface area contributed by atoms with Crippen molar-refractivity contribution in [2.45, 2.75) is 25.8 Å². The fourth-order valence-electron chi connectivity index (χ4n) is 1.78. The van der Waals surface area contributed by atoms with Gasteiger partial charge in [0.25, 0.3) is 0 Å². The summed E-state index contributed by atoms with van der Waals surface area (Å²) in [6.45, 7) is 2.18. The normalized spacial score (nSPS) is 17.2. The topological polar surface area (TPSA) is 35.2 Å². The molecule has 0 radical (unpaired) electrons. The second kappa shape index (κ2) is 4.60. The highest BCUT2D eigenvalue weighted by Gasteiger charge is 2.30. The van der Waals surface area contributed by atoms with Crippen LogP contribution in [0.3, 0.4) is 0 Å². The van der Waals surface area contributed by atoms with E-state index >= 15 is 0 Å². The molecule has 0 amide bonds. The van der Waals surface area contributed by atoms with Crippen LogP contribution in [0.5, 0.6) is 5.75 Å². The van der Waals surface area contributed by atoms with Crippen molar-refractivity contribution in [2.24, 2.45) is 11.7 Å². The first-order chi connectivity index (χ1) is 7.63. The second-order valence-corrected chi connectivity index (χ2v) is 4.52. The summed E-state index contributed by atoms with van der Waals surface area (Å²) in [5.74, 6) is 0.171. The van der Waals surface area contributed by atoms with Gasteiger partial charge in [-0.2, -0.15) is 0 Å². The van der Waals surface area contributed by atoms with E-state index in [0.29, 0.717) is 17.5 Å². The quantitative estimate of drug-likeness (QED) is 0.881. The van der Waals surface area contributed by atoms with Crippen molar-refractivity contribution in [1.82, 2.24) is 0 Å². The molecule has 2 nitrogen and oxygen atoms in total. The van der Waals surface area contributed by atoms with E-state index < -0.39 is 5.82 Å². The first kappa shape index (κ1) is 11.7. The van der Waals surface area contributed by atoms with Gasteiger partial charge in [0.15, 0.2) is 11.6 Å². The van der Waals surface area contributed by atoms with Crippen molar-refractivity contribution < 1.29 is 9.13 Å². The van der Waals surface area contributed by atoms with E-state index in [0.717, 1.165) is 18.4 Å². The Labute approximate surface area is 99.5 Å². The lowest BCUT2D eigenvalue weighted by Gasteiger charge is -2.14. The number of rotatable bonds is 4.